The maximum Gasteiger partial charge on any atom is 0.257 e. The number of rotatable bonds is 4. The summed E-state index contributed by atoms with van der Waals surface area (Å²) in [6.07, 6.45) is 3.68. The van der Waals surface area contributed by atoms with Gasteiger partial charge in [-0.15, -0.1) is 0 Å². The monoisotopic (exact) mass is 374 g/mol. The van der Waals surface area contributed by atoms with Crippen molar-refractivity contribution in [1.29, 1.82) is 0 Å². The second kappa shape index (κ2) is 7.63. The van der Waals surface area contributed by atoms with Crippen LogP contribution in [-0.2, 0) is 0 Å². The first-order valence-corrected chi connectivity index (χ1v) is 8.52. The fourth-order valence-electron chi connectivity index (χ4n) is 2.76. The second-order valence-corrected chi connectivity index (χ2v) is 6.38. The molecule has 3 aromatic rings. The van der Waals surface area contributed by atoms with Gasteiger partial charge in [-0.3, -0.25) is 4.79 Å². The third-order valence-corrected chi connectivity index (χ3v) is 4.18. The van der Waals surface area contributed by atoms with Gasteiger partial charge >= 0.3 is 0 Å². The highest BCUT2D eigenvalue weighted by Crippen LogP contribution is 2.26. The van der Waals surface area contributed by atoms with Crippen LogP contribution < -0.4 is 34.0 Å². The topological polar surface area (TPSA) is 159 Å². The van der Waals surface area contributed by atoms with Crippen molar-refractivity contribution in [2.45, 2.75) is 0 Å². The van der Waals surface area contributed by atoms with E-state index in [1.165, 1.54) is 0 Å². The number of benzene rings is 3. The zero-order chi connectivity index (χ0) is 20.3. The number of nitrogen functional groups attached to an aromatic ring is 5. The summed E-state index contributed by atoms with van der Waals surface area (Å²) in [5.74, 6) is -0.308. The summed E-state index contributed by atoms with van der Waals surface area (Å²) in [4.78, 5) is 12.5. The van der Waals surface area contributed by atoms with E-state index < -0.39 is 0 Å². The molecule has 0 atom stereocenters. The highest BCUT2D eigenvalue weighted by molar-refractivity contribution is 6.08. The number of anilines is 6. The summed E-state index contributed by atoms with van der Waals surface area (Å²) in [6.45, 7) is 0. The van der Waals surface area contributed by atoms with Gasteiger partial charge in [-0.2, -0.15) is 0 Å². The zero-order valence-electron chi connectivity index (χ0n) is 15.1. The average molecular weight is 374 g/mol. The first-order chi connectivity index (χ1) is 13.3. The largest absolute Gasteiger partial charge is 0.399 e. The first-order valence-electron chi connectivity index (χ1n) is 8.52. The molecule has 0 spiro atoms. The minimum atomic E-state index is -0.308. The minimum Gasteiger partial charge on any atom is -0.399 e. The Bertz CT molecular complexity index is 1050. The van der Waals surface area contributed by atoms with Crippen LogP contribution in [0.1, 0.15) is 21.5 Å². The Morgan fingerprint density at radius 2 is 1.36 bits per heavy atom. The molecule has 0 saturated heterocycles. The summed E-state index contributed by atoms with van der Waals surface area (Å²) >= 11 is 0. The molecule has 0 bridgehead atoms. The quantitative estimate of drug-likeness (QED) is 0.304. The van der Waals surface area contributed by atoms with Gasteiger partial charge in [0.15, 0.2) is 0 Å². The Kier molecular flexibility index (Phi) is 5.08. The van der Waals surface area contributed by atoms with Gasteiger partial charge in [0.05, 0.1) is 22.6 Å². The fourth-order valence-corrected chi connectivity index (χ4v) is 2.76. The van der Waals surface area contributed by atoms with Crippen LogP contribution in [0.5, 0.6) is 0 Å². The van der Waals surface area contributed by atoms with Gasteiger partial charge in [-0.1, -0.05) is 24.3 Å². The SMILES string of the molecule is Nc1cc(/C=C/c2cc(N)c(N)c(N)c2)cc(NC(=O)c2ccccc2N)c1. The first kappa shape index (κ1) is 18.7. The fraction of sp³-hybridized carbons (Fsp3) is 0. The van der Waals surface area contributed by atoms with E-state index in [2.05, 4.69) is 5.32 Å². The van der Waals surface area contributed by atoms with E-state index in [1.54, 1.807) is 54.6 Å². The molecule has 1 amide bonds. The maximum atomic E-state index is 12.5. The third-order valence-electron chi connectivity index (χ3n) is 4.18. The summed E-state index contributed by atoms with van der Waals surface area (Å²) in [5.41, 5.74) is 34.0. The van der Waals surface area contributed by atoms with Crippen molar-refractivity contribution in [2.24, 2.45) is 0 Å². The van der Waals surface area contributed by atoms with E-state index in [0.717, 1.165) is 11.1 Å². The van der Waals surface area contributed by atoms with Gasteiger partial charge in [-0.25, -0.2) is 0 Å². The van der Waals surface area contributed by atoms with Crippen LogP contribution in [0.4, 0.5) is 34.1 Å². The van der Waals surface area contributed by atoms with Crippen LogP contribution in [-0.4, -0.2) is 5.91 Å². The minimum absolute atomic E-state index is 0.308. The van der Waals surface area contributed by atoms with Crippen LogP contribution in [0.25, 0.3) is 12.2 Å². The Hall–Kier alpha value is -4.13. The predicted molar refractivity (Wildman–Crippen MR) is 118 cm³/mol. The van der Waals surface area contributed by atoms with Crippen LogP contribution in [0.15, 0.2) is 54.6 Å². The van der Waals surface area contributed by atoms with Crippen LogP contribution in [0.3, 0.4) is 0 Å². The van der Waals surface area contributed by atoms with Gasteiger partial charge in [0.25, 0.3) is 5.91 Å². The molecule has 0 saturated carbocycles. The number of amides is 1. The van der Waals surface area contributed by atoms with Crippen LogP contribution >= 0.6 is 0 Å². The lowest BCUT2D eigenvalue weighted by molar-refractivity contribution is 0.102. The second-order valence-electron chi connectivity index (χ2n) is 6.38. The highest BCUT2D eigenvalue weighted by Gasteiger charge is 2.10. The van der Waals surface area contributed by atoms with Gasteiger partial charge in [-0.05, 0) is 53.6 Å². The lowest BCUT2D eigenvalue weighted by Gasteiger charge is -2.09. The van der Waals surface area contributed by atoms with Crippen molar-refractivity contribution in [3.8, 4) is 0 Å². The lowest BCUT2D eigenvalue weighted by Crippen LogP contribution is -2.14. The Balaban J connectivity index is 1.84. The Morgan fingerprint density at radius 1 is 0.750 bits per heavy atom. The van der Waals surface area contributed by atoms with Crippen molar-refractivity contribution in [2.75, 3.05) is 34.0 Å². The number of nitrogens with one attached hydrogen (secondary N) is 1. The molecule has 7 nitrogen and oxygen atoms in total. The molecule has 0 radical (unpaired) electrons. The summed E-state index contributed by atoms with van der Waals surface area (Å²) in [5, 5.41) is 2.81. The molecule has 0 heterocycles. The van der Waals surface area contributed by atoms with Crippen molar-refractivity contribution < 1.29 is 4.79 Å². The molecule has 3 rings (SSSR count). The van der Waals surface area contributed by atoms with E-state index in [-0.39, 0.29) is 5.91 Å². The normalized spacial score (nSPS) is 10.9. The molecule has 28 heavy (non-hydrogen) atoms. The molecule has 7 heteroatoms. The molecule has 142 valence electrons. The van der Waals surface area contributed by atoms with Crippen LogP contribution in [0.2, 0.25) is 0 Å². The highest BCUT2D eigenvalue weighted by atomic mass is 16.1. The molecule has 0 aliphatic carbocycles. The van der Waals surface area contributed by atoms with Gasteiger partial charge in [0.1, 0.15) is 0 Å². The molecule has 0 aliphatic heterocycles. The zero-order valence-corrected chi connectivity index (χ0v) is 15.1. The summed E-state index contributed by atoms with van der Waals surface area (Å²) in [6, 6.07) is 15.6. The van der Waals surface area contributed by atoms with Crippen molar-refractivity contribution in [1.82, 2.24) is 0 Å². The number of nitrogens with two attached hydrogens (primary N) is 5. The van der Waals surface area contributed by atoms with Crippen molar-refractivity contribution in [3.05, 3.63) is 71.3 Å². The van der Waals surface area contributed by atoms with Gasteiger partial charge in [0.2, 0.25) is 0 Å². The standard InChI is InChI=1S/C21H22N6O/c22-14-7-12(5-6-13-9-18(24)20(26)19(25)10-13)8-15(11-14)27-21(28)16-3-1-2-4-17(16)23/h1-11H,22-26H2,(H,27,28)/b6-5+. The smallest absolute Gasteiger partial charge is 0.257 e. The van der Waals surface area contributed by atoms with Crippen molar-refractivity contribution >= 4 is 52.2 Å². The van der Waals surface area contributed by atoms with Crippen LogP contribution in [0, 0.1) is 0 Å². The molecule has 0 aromatic heterocycles. The predicted octanol–water partition coefficient (Wildman–Crippen LogP) is 3.02. The number of hydrogen-bond acceptors (Lipinski definition) is 6. The molecular weight excluding hydrogens is 352 g/mol. The average Bonchev–Trinajstić information content (AvgIpc) is 2.64. The van der Waals surface area contributed by atoms with E-state index >= 15 is 0 Å². The molecule has 0 unspecified atom stereocenters. The van der Waals surface area contributed by atoms with E-state index in [0.29, 0.717) is 39.7 Å². The molecule has 3 aromatic carbocycles. The molecule has 11 N–H and O–H groups in total. The van der Waals surface area contributed by atoms with Gasteiger partial charge < -0.3 is 34.0 Å². The molecule has 0 aliphatic rings. The van der Waals surface area contributed by atoms with E-state index in [1.807, 2.05) is 12.2 Å². The Morgan fingerprint density at radius 3 is 2.00 bits per heavy atom. The number of carbonyl (C=O) groups is 1. The number of hydrogen-bond donors (Lipinski definition) is 6. The van der Waals surface area contributed by atoms with E-state index in [9.17, 15) is 4.79 Å². The maximum absolute atomic E-state index is 12.5. The lowest BCUT2D eigenvalue weighted by atomic mass is 10.1. The molecule has 0 fully saturated rings. The van der Waals surface area contributed by atoms with E-state index in [4.69, 9.17) is 28.7 Å². The number of carbonyl (C=O) groups excluding carboxylic acids is 1. The number of para-hydroxylation sites is 1. The summed E-state index contributed by atoms with van der Waals surface area (Å²) < 4.78 is 0. The Labute approximate surface area is 162 Å². The summed E-state index contributed by atoms with van der Waals surface area (Å²) in [7, 11) is 0. The third kappa shape index (κ3) is 4.16. The van der Waals surface area contributed by atoms with Crippen molar-refractivity contribution in [3.63, 3.8) is 0 Å². The van der Waals surface area contributed by atoms with Gasteiger partial charge in [0, 0.05) is 17.1 Å². The molecular formula is C21H22N6O.